The number of thioether (sulfide) groups is 1. The van der Waals surface area contributed by atoms with E-state index in [2.05, 4.69) is 11.8 Å². The zero-order chi connectivity index (χ0) is 11.6. The molecule has 5 heteroatoms. The second kappa shape index (κ2) is 4.94. The van der Waals surface area contributed by atoms with Crippen LogP contribution in [0.3, 0.4) is 0 Å². The molecular weight excluding hydrogens is 226 g/mol. The van der Waals surface area contributed by atoms with Crippen molar-refractivity contribution in [2.75, 3.05) is 32.1 Å². The minimum atomic E-state index is -0.679. The highest BCUT2D eigenvalue weighted by molar-refractivity contribution is 8.00. The highest BCUT2D eigenvalue weighted by atomic mass is 32.2. The van der Waals surface area contributed by atoms with Crippen molar-refractivity contribution in [3.8, 4) is 0 Å². The number of carboxylic acids is 1. The van der Waals surface area contributed by atoms with Gasteiger partial charge in [0.1, 0.15) is 0 Å². The molecule has 2 atom stereocenters. The van der Waals surface area contributed by atoms with E-state index in [9.17, 15) is 4.79 Å². The molecule has 4 nitrogen and oxygen atoms in total. The van der Waals surface area contributed by atoms with Crippen LogP contribution < -0.4 is 0 Å². The van der Waals surface area contributed by atoms with E-state index in [-0.39, 0.29) is 12.0 Å². The quantitative estimate of drug-likeness (QED) is 0.805. The van der Waals surface area contributed by atoms with E-state index in [0.717, 1.165) is 38.5 Å². The number of hydrogen-bond acceptors (Lipinski definition) is 4. The number of hydrogen-bond donors (Lipinski definition) is 1. The van der Waals surface area contributed by atoms with Gasteiger partial charge in [-0.05, 0) is 6.42 Å². The third-order valence-corrected chi connectivity index (χ3v) is 4.91. The predicted molar refractivity (Wildman–Crippen MR) is 63.9 cm³/mol. The molecule has 2 rings (SSSR count). The fraction of sp³-hybridized carbons (Fsp3) is 0.909. The first-order valence-electron chi connectivity index (χ1n) is 5.79. The maximum absolute atomic E-state index is 11.0. The molecule has 0 saturated carbocycles. The molecular formula is C11H19NO3S. The minimum absolute atomic E-state index is 0.125. The molecule has 16 heavy (non-hydrogen) atoms. The zero-order valence-corrected chi connectivity index (χ0v) is 10.5. The lowest BCUT2D eigenvalue weighted by Gasteiger charge is -2.42. The molecule has 92 valence electrons. The smallest absolute Gasteiger partial charge is 0.305 e. The first-order chi connectivity index (χ1) is 7.62. The average molecular weight is 245 g/mol. The standard InChI is InChI=1S/C11H19NO3S/c1-9-6-11(8-16-9,7-10(13)14)12-2-4-15-5-3-12/h9H,2-8H2,1H3,(H,13,14). The summed E-state index contributed by atoms with van der Waals surface area (Å²) in [6.07, 6.45) is 1.26. The van der Waals surface area contributed by atoms with Gasteiger partial charge in [0.25, 0.3) is 0 Å². The Morgan fingerprint density at radius 2 is 2.25 bits per heavy atom. The Balaban J connectivity index is 2.09. The molecule has 1 N–H and O–H groups in total. The van der Waals surface area contributed by atoms with E-state index in [0.29, 0.717) is 5.25 Å². The highest BCUT2D eigenvalue weighted by Gasteiger charge is 2.44. The van der Waals surface area contributed by atoms with Crippen LogP contribution in [-0.2, 0) is 9.53 Å². The number of aliphatic carboxylic acids is 1. The van der Waals surface area contributed by atoms with Gasteiger partial charge in [0.05, 0.1) is 19.6 Å². The molecule has 0 aliphatic carbocycles. The Kier molecular flexibility index (Phi) is 3.77. The monoisotopic (exact) mass is 245 g/mol. The van der Waals surface area contributed by atoms with Crippen LogP contribution in [0.25, 0.3) is 0 Å². The number of ether oxygens (including phenoxy) is 1. The third kappa shape index (κ3) is 2.52. The summed E-state index contributed by atoms with van der Waals surface area (Å²) in [4.78, 5) is 13.4. The van der Waals surface area contributed by atoms with Crippen molar-refractivity contribution in [2.24, 2.45) is 0 Å². The van der Waals surface area contributed by atoms with Crippen LogP contribution in [0, 0.1) is 0 Å². The van der Waals surface area contributed by atoms with Crippen LogP contribution in [0.1, 0.15) is 19.8 Å². The Morgan fingerprint density at radius 1 is 1.56 bits per heavy atom. The molecule has 2 saturated heterocycles. The second-order valence-corrected chi connectivity index (χ2v) is 6.15. The van der Waals surface area contributed by atoms with Crippen molar-refractivity contribution < 1.29 is 14.6 Å². The van der Waals surface area contributed by atoms with E-state index in [1.807, 2.05) is 11.8 Å². The number of rotatable bonds is 3. The van der Waals surface area contributed by atoms with Gasteiger partial charge in [0.2, 0.25) is 0 Å². The van der Waals surface area contributed by atoms with E-state index in [1.165, 1.54) is 0 Å². The zero-order valence-electron chi connectivity index (χ0n) is 9.65. The molecule has 2 unspecified atom stereocenters. The summed E-state index contributed by atoms with van der Waals surface area (Å²) in [5, 5.41) is 9.66. The maximum atomic E-state index is 11.0. The molecule has 0 bridgehead atoms. The van der Waals surface area contributed by atoms with Gasteiger partial charge in [0.15, 0.2) is 0 Å². The van der Waals surface area contributed by atoms with Crippen LogP contribution in [0.2, 0.25) is 0 Å². The van der Waals surface area contributed by atoms with Gasteiger partial charge in [-0.2, -0.15) is 11.8 Å². The van der Waals surface area contributed by atoms with Gasteiger partial charge in [-0.3, -0.25) is 9.69 Å². The summed E-state index contributed by atoms with van der Waals surface area (Å²) in [6.45, 7) is 5.41. The van der Waals surface area contributed by atoms with Crippen LogP contribution in [0.15, 0.2) is 0 Å². The Hall–Kier alpha value is -0.260. The number of carbonyl (C=O) groups is 1. The molecule has 0 aromatic heterocycles. The lowest BCUT2D eigenvalue weighted by molar-refractivity contribution is -0.141. The fourth-order valence-corrected chi connectivity index (χ4v) is 4.15. The average Bonchev–Trinajstić information content (AvgIpc) is 2.62. The molecule has 2 aliphatic heterocycles. The van der Waals surface area contributed by atoms with Crippen LogP contribution >= 0.6 is 11.8 Å². The van der Waals surface area contributed by atoms with E-state index < -0.39 is 5.97 Å². The molecule has 0 aromatic rings. The summed E-state index contributed by atoms with van der Waals surface area (Å²) in [5.41, 5.74) is -0.125. The summed E-state index contributed by atoms with van der Waals surface area (Å²) < 4.78 is 5.34. The maximum Gasteiger partial charge on any atom is 0.305 e. The third-order valence-electron chi connectivity index (χ3n) is 3.47. The number of nitrogens with zero attached hydrogens (tertiary/aromatic N) is 1. The van der Waals surface area contributed by atoms with Crippen molar-refractivity contribution in [2.45, 2.75) is 30.6 Å². The van der Waals surface area contributed by atoms with Crippen LogP contribution in [-0.4, -0.2) is 58.8 Å². The molecule has 2 heterocycles. The Bertz CT molecular complexity index is 268. The largest absolute Gasteiger partial charge is 0.481 e. The number of morpholine rings is 1. The van der Waals surface area contributed by atoms with E-state index in [4.69, 9.17) is 9.84 Å². The highest BCUT2D eigenvalue weighted by Crippen LogP contribution is 2.41. The molecule has 2 aliphatic rings. The SMILES string of the molecule is CC1CC(CC(=O)O)(N2CCOCC2)CS1. The van der Waals surface area contributed by atoms with E-state index in [1.54, 1.807) is 0 Å². The summed E-state index contributed by atoms with van der Waals surface area (Å²) in [6, 6.07) is 0. The topological polar surface area (TPSA) is 49.8 Å². The lowest BCUT2D eigenvalue weighted by atomic mass is 9.89. The molecule has 0 radical (unpaired) electrons. The van der Waals surface area contributed by atoms with Crippen molar-refractivity contribution in [1.29, 1.82) is 0 Å². The van der Waals surface area contributed by atoms with Gasteiger partial charge < -0.3 is 9.84 Å². The first kappa shape index (κ1) is 12.2. The molecule has 0 amide bonds. The number of carboxylic acid groups (broad SMARTS) is 1. The Morgan fingerprint density at radius 3 is 2.75 bits per heavy atom. The summed E-state index contributed by atoms with van der Waals surface area (Å²) in [5.74, 6) is 0.265. The van der Waals surface area contributed by atoms with Gasteiger partial charge >= 0.3 is 5.97 Å². The fourth-order valence-electron chi connectivity index (χ4n) is 2.72. The first-order valence-corrected chi connectivity index (χ1v) is 6.83. The van der Waals surface area contributed by atoms with Crippen molar-refractivity contribution >= 4 is 17.7 Å². The van der Waals surface area contributed by atoms with Gasteiger partial charge in [0, 0.05) is 29.6 Å². The lowest BCUT2D eigenvalue weighted by Crippen LogP contribution is -2.55. The van der Waals surface area contributed by atoms with Crippen molar-refractivity contribution in [3.63, 3.8) is 0 Å². The summed E-state index contributed by atoms with van der Waals surface area (Å²) in [7, 11) is 0. The minimum Gasteiger partial charge on any atom is -0.481 e. The second-order valence-electron chi connectivity index (χ2n) is 4.72. The van der Waals surface area contributed by atoms with Crippen LogP contribution in [0.5, 0.6) is 0 Å². The van der Waals surface area contributed by atoms with Gasteiger partial charge in [-0.15, -0.1) is 0 Å². The van der Waals surface area contributed by atoms with Gasteiger partial charge in [-0.1, -0.05) is 6.92 Å². The normalized spacial score (nSPS) is 36.4. The summed E-state index contributed by atoms with van der Waals surface area (Å²) >= 11 is 1.89. The van der Waals surface area contributed by atoms with Crippen LogP contribution in [0.4, 0.5) is 0 Å². The van der Waals surface area contributed by atoms with Gasteiger partial charge in [-0.25, -0.2) is 0 Å². The Labute approximate surface area is 100 Å². The molecule has 0 aromatic carbocycles. The molecule has 0 spiro atoms. The molecule has 2 fully saturated rings. The van der Waals surface area contributed by atoms with Crippen molar-refractivity contribution in [1.82, 2.24) is 4.90 Å². The van der Waals surface area contributed by atoms with Crippen molar-refractivity contribution in [3.05, 3.63) is 0 Å². The predicted octanol–water partition coefficient (Wildman–Crippen LogP) is 1.06. The van der Waals surface area contributed by atoms with E-state index >= 15 is 0 Å².